The monoisotopic (exact) mass is 720 g/mol. The second kappa shape index (κ2) is 38.7. The molecule has 0 aliphatic rings. The fraction of sp³-hybridized carbons (Fsp3) is 0.975. The highest BCUT2D eigenvalue weighted by molar-refractivity contribution is 7.47. The maximum Gasteiger partial charge on any atom is 0.472 e. The highest BCUT2D eigenvalue weighted by Crippen LogP contribution is 2.43. The van der Waals surface area contributed by atoms with Crippen LogP contribution in [0.2, 0.25) is 0 Å². The Morgan fingerprint density at radius 1 is 0.531 bits per heavy atom. The molecule has 9 heteroatoms. The number of phosphoric ester groups is 1. The van der Waals surface area contributed by atoms with Crippen molar-refractivity contribution in [2.75, 3.05) is 33.0 Å². The quantitative estimate of drug-likeness (QED) is 0.0364. The van der Waals surface area contributed by atoms with Crippen LogP contribution in [0, 0.1) is 0 Å². The number of rotatable bonds is 41. The molecule has 0 spiro atoms. The molecule has 0 rings (SSSR count). The Kier molecular flexibility index (Phi) is 38.3. The minimum absolute atomic E-state index is 0.0905. The molecule has 0 aliphatic heterocycles. The van der Waals surface area contributed by atoms with Crippen LogP contribution in [0.1, 0.15) is 213 Å². The van der Waals surface area contributed by atoms with Gasteiger partial charge in [0.2, 0.25) is 0 Å². The molecule has 0 amide bonds. The van der Waals surface area contributed by atoms with Gasteiger partial charge >= 0.3 is 13.8 Å². The standard InChI is InChI=1S/C40H82NO7P/c1-3-5-7-9-11-13-14-15-16-17-18-19-20-21-22-23-24-26-28-30-32-35-45-37-39(38-47-49(43,44)46-36-34-41)48-40(42)33-31-29-27-25-12-10-8-6-4-2/h39H,3-38,41H2,1-2H3,(H,43,44). The SMILES string of the molecule is CCCCCCCCCCCCCCCCCCCCCCCOCC(COP(=O)(O)OCCN)OC(=O)CCCCCCCCCCC. The first-order valence-electron chi connectivity index (χ1n) is 21.0. The number of hydrogen-bond donors (Lipinski definition) is 2. The molecule has 0 saturated heterocycles. The molecule has 0 aromatic heterocycles. The summed E-state index contributed by atoms with van der Waals surface area (Å²) in [5.74, 6) is -0.329. The summed E-state index contributed by atoms with van der Waals surface area (Å²) >= 11 is 0. The number of ether oxygens (including phenoxy) is 2. The van der Waals surface area contributed by atoms with Crippen molar-refractivity contribution in [1.82, 2.24) is 0 Å². The van der Waals surface area contributed by atoms with Gasteiger partial charge in [-0.3, -0.25) is 13.8 Å². The highest BCUT2D eigenvalue weighted by atomic mass is 31.2. The summed E-state index contributed by atoms with van der Waals surface area (Å²) in [5.41, 5.74) is 5.35. The van der Waals surface area contributed by atoms with Gasteiger partial charge in [0.1, 0.15) is 6.10 Å². The molecular weight excluding hydrogens is 637 g/mol. The van der Waals surface area contributed by atoms with Crippen LogP contribution in [0.15, 0.2) is 0 Å². The smallest absolute Gasteiger partial charge is 0.457 e. The van der Waals surface area contributed by atoms with Gasteiger partial charge in [0, 0.05) is 19.6 Å². The van der Waals surface area contributed by atoms with Crippen LogP contribution in [0.25, 0.3) is 0 Å². The molecule has 0 aromatic rings. The van der Waals surface area contributed by atoms with Gasteiger partial charge in [-0.15, -0.1) is 0 Å². The van der Waals surface area contributed by atoms with E-state index in [1.807, 2.05) is 0 Å². The van der Waals surface area contributed by atoms with E-state index < -0.39 is 13.9 Å². The van der Waals surface area contributed by atoms with Crippen LogP contribution in [0.5, 0.6) is 0 Å². The molecule has 0 radical (unpaired) electrons. The minimum atomic E-state index is -4.26. The molecule has 0 aliphatic carbocycles. The van der Waals surface area contributed by atoms with E-state index in [0.717, 1.165) is 32.1 Å². The number of nitrogens with two attached hydrogens (primary N) is 1. The van der Waals surface area contributed by atoms with Crippen LogP contribution in [0.4, 0.5) is 0 Å². The summed E-state index contributed by atoms with van der Waals surface area (Å²) in [6.45, 7) is 4.95. The van der Waals surface area contributed by atoms with E-state index in [-0.39, 0.29) is 32.3 Å². The zero-order chi connectivity index (χ0) is 35.9. The predicted molar refractivity (Wildman–Crippen MR) is 206 cm³/mol. The van der Waals surface area contributed by atoms with Crippen molar-refractivity contribution in [3.63, 3.8) is 0 Å². The topological polar surface area (TPSA) is 117 Å². The van der Waals surface area contributed by atoms with Gasteiger partial charge in [0.15, 0.2) is 0 Å². The largest absolute Gasteiger partial charge is 0.472 e. The van der Waals surface area contributed by atoms with E-state index in [1.54, 1.807) is 0 Å². The first-order chi connectivity index (χ1) is 23.9. The van der Waals surface area contributed by atoms with Gasteiger partial charge in [-0.1, -0.05) is 194 Å². The molecule has 0 heterocycles. The Hall–Kier alpha value is -0.500. The first kappa shape index (κ1) is 48.5. The lowest BCUT2D eigenvalue weighted by Crippen LogP contribution is -2.28. The molecule has 49 heavy (non-hydrogen) atoms. The number of hydrogen-bond acceptors (Lipinski definition) is 7. The van der Waals surface area contributed by atoms with Crippen molar-refractivity contribution in [1.29, 1.82) is 0 Å². The number of carbonyl (C=O) groups is 1. The molecule has 2 atom stereocenters. The van der Waals surface area contributed by atoms with Crippen LogP contribution < -0.4 is 5.73 Å². The molecule has 0 saturated carbocycles. The Balaban J connectivity index is 3.87. The summed E-state index contributed by atoms with van der Waals surface area (Å²) in [6, 6.07) is 0. The van der Waals surface area contributed by atoms with Crippen molar-refractivity contribution in [2.45, 2.75) is 219 Å². The zero-order valence-corrected chi connectivity index (χ0v) is 33.3. The maximum absolute atomic E-state index is 12.5. The Morgan fingerprint density at radius 2 is 0.898 bits per heavy atom. The Bertz CT molecular complexity index is 727. The predicted octanol–water partition coefficient (Wildman–Crippen LogP) is 12.1. The highest BCUT2D eigenvalue weighted by Gasteiger charge is 2.25. The van der Waals surface area contributed by atoms with Crippen molar-refractivity contribution in [2.24, 2.45) is 5.73 Å². The molecule has 2 unspecified atom stereocenters. The molecule has 0 fully saturated rings. The van der Waals surface area contributed by atoms with E-state index in [1.165, 1.54) is 161 Å². The summed E-state index contributed by atoms with van der Waals surface area (Å²) < 4.78 is 33.3. The van der Waals surface area contributed by atoms with Gasteiger partial charge < -0.3 is 20.1 Å². The van der Waals surface area contributed by atoms with E-state index in [9.17, 15) is 14.3 Å². The van der Waals surface area contributed by atoms with Crippen molar-refractivity contribution in [3.05, 3.63) is 0 Å². The van der Waals surface area contributed by atoms with E-state index in [4.69, 9.17) is 24.3 Å². The van der Waals surface area contributed by atoms with Gasteiger partial charge in [-0.2, -0.15) is 0 Å². The third-order valence-electron chi connectivity index (χ3n) is 9.27. The van der Waals surface area contributed by atoms with Crippen molar-refractivity contribution in [3.8, 4) is 0 Å². The lowest BCUT2D eigenvalue weighted by Gasteiger charge is -2.20. The number of unbranched alkanes of at least 4 members (excludes halogenated alkanes) is 28. The van der Waals surface area contributed by atoms with E-state index in [0.29, 0.717) is 13.0 Å². The van der Waals surface area contributed by atoms with Crippen molar-refractivity contribution < 1.29 is 32.8 Å². The molecule has 0 bridgehead atoms. The molecule has 0 aromatic carbocycles. The molecule has 8 nitrogen and oxygen atoms in total. The lowest BCUT2D eigenvalue weighted by molar-refractivity contribution is -0.154. The minimum Gasteiger partial charge on any atom is -0.457 e. The van der Waals surface area contributed by atoms with E-state index >= 15 is 0 Å². The first-order valence-corrected chi connectivity index (χ1v) is 22.5. The van der Waals surface area contributed by atoms with Crippen LogP contribution in [-0.4, -0.2) is 49.9 Å². The van der Waals surface area contributed by atoms with Gasteiger partial charge in [0.25, 0.3) is 0 Å². The third kappa shape index (κ3) is 38.6. The molecule has 3 N–H and O–H groups in total. The Morgan fingerprint density at radius 3 is 1.29 bits per heavy atom. The zero-order valence-electron chi connectivity index (χ0n) is 32.5. The van der Waals surface area contributed by atoms with Gasteiger partial charge in [-0.25, -0.2) is 4.57 Å². The fourth-order valence-corrected chi connectivity index (χ4v) is 6.94. The number of esters is 1. The average molecular weight is 720 g/mol. The van der Waals surface area contributed by atoms with E-state index in [2.05, 4.69) is 13.8 Å². The summed E-state index contributed by atoms with van der Waals surface area (Å²) in [5, 5.41) is 0. The summed E-state index contributed by atoms with van der Waals surface area (Å²) in [6.07, 6.45) is 38.5. The molecule has 294 valence electrons. The lowest BCUT2D eigenvalue weighted by atomic mass is 10.0. The van der Waals surface area contributed by atoms with Crippen LogP contribution in [0.3, 0.4) is 0 Å². The normalized spacial score (nSPS) is 13.5. The van der Waals surface area contributed by atoms with Gasteiger partial charge in [0.05, 0.1) is 19.8 Å². The molecular formula is C40H82NO7P. The third-order valence-corrected chi connectivity index (χ3v) is 10.3. The van der Waals surface area contributed by atoms with Crippen LogP contribution in [-0.2, 0) is 27.9 Å². The average Bonchev–Trinajstić information content (AvgIpc) is 3.09. The number of carbonyl (C=O) groups excluding carboxylic acids is 1. The van der Waals surface area contributed by atoms with Gasteiger partial charge in [-0.05, 0) is 12.8 Å². The summed E-state index contributed by atoms with van der Waals surface area (Å²) in [4.78, 5) is 22.3. The van der Waals surface area contributed by atoms with Crippen LogP contribution >= 0.6 is 7.82 Å². The Labute approximate surface area is 303 Å². The number of phosphoric acid groups is 1. The fourth-order valence-electron chi connectivity index (χ4n) is 6.17. The second-order valence-corrected chi connectivity index (χ2v) is 15.7. The summed E-state index contributed by atoms with van der Waals surface area (Å²) in [7, 11) is -4.26. The second-order valence-electron chi connectivity index (χ2n) is 14.2. The maximum atomic E-state index is 12.5. The van der Waals surface area contributed by atoms with Crippen molar-refractivity contribution >= 4 is 13.8 Å².